The molecule has 0 spiro atoms. The molecule has 1 saturated heterocycles. The van der Waals surface area contributed by atoms with E-state index in [0.717, 1.165) is 43.9 Å². The van der Waals surface area contributed by atoms with Gasteiger partial charge in [-0.05, 0) is 37.1 Å². The third kappa shape index (κ3) is 3.15. The fourth-order valence-electron chi connectivity index (χ4n) is 2.70. The van der Waals surface area contributed by atoms with E-state index in [1.165, 1.54) is 12.1 Å². The maximum absolute atomic E-state index is 12.6. The lowest BCUT2D eigenvalue weighted by atomic mass is 10.1. The molecule has 3 nitrogen and oxygen atoms in total. The minimum atomic E-state index is -4.28. The number of nitrogens with zero attached hydrogens (tertiary/aromatic N) is 2. The Labute approximate surface area is 121 Å². The van der Waals surface area contributed by atoms with E-state index in [4.69, 9.17) is 4.74 Å². The molecule has 114 valence electrons. The highest BCUT2D eigenvalue weighted by atomic mass is 19.4. The van der Waals surface area contributed by atoms with Gasteiger partial charge >= 0.3 is 6.18 Å². The average Bonchev–Trinajstić information content (AvgIpc) is 2.97. The number of halogens is 3. The van der Waals surface area contributed by atoms with E-state index >= 15 is 0 Å². The van der Waals surface area contributed by atoms with Crippen LogP contribution in [0.5, 0.6) is 0 Å². The second-order valence-electron chi connectivity index (χ2n) is 5.31. The van der Waals surface area contributed by atoms with Crippen molar-refractivity contribution in [2.24, 2.45) is 0 Å². The van der Waals surface area contributed by atoms with Gasteiger partial charge in [0, 0.05) is 37.3 Å². The first-order chi connectivity index (χ1) is 10.0. The standard InChI is InChI=1S/C15H17F3N2O/c16-15(17,18)12-1-3-13(4-2-12)19-7-8-20(11-19)14-5-9-21-10-6-14/h1-4,7-8,14H,5-6,9-11H2. The van der Waals surface area contributed by atoms with Crippen LogP contribution in [-0.2, 0) is 10.9 Å². The van der Waals surface area contributed by atoms with Crippen LogP contribution in [0.2, 0.25) is 0 Å². The molecule has 2 aliphatic heterocycles. The van der Waals surface area contributed by atoms with Crippen LogP contribution >= 0.6 is 0 Å². The number of ether oxygens (including phenoxy) is 1. The monoisotopic (exact) mass is 298 g/mol. The quantitative estimate of drug-likeness (QED) is 0.832. The van der Waals surface area contributed by atoms with E-state index in [2.05, 4.69) is 4.90 Å². The fourth-order valence-corrected chi connectivity index (χ4v) is 2.70. The zero-order valence-corrected chi connectivity index (χ0v) is 11.5. The summed E-state index contributed by atoms with van der Waals surface area (Å²) in [5.41, 5.74) is 0.157. The summed E-state index contributed by atoms with van der Waals surface area (Å²) in [4.78, 5) is 4.18. The molecule has 1 fully saturated rings. The molecule has 0 aromatic heterocycles. The molecule has 6 heteroatoms. The summed E-state index contributed by atoms with van der Waals surface area (Å²) in [6.07, 6.45) is 1.62. The lowest BCUT2D eigenvalue weighted by Crippen LogP contribution is -2.37. The van der Waals surface area contributed by atoms with Crippen LogP contribution in [0.1, 0.15) is 18.4 Å². The number of anilines is 1. The Balaban J connectivity index is 1.65. The van der Waals surface area contributed by atoms with Gasteiger partial charge in [-0.25, -0.2) is 0 Å². The topological polar surface area (TPSA) is 15.7 Å². The first kappa shape index (κ1) is 14.3. The normalized spacial score (nSPS) is 20.3. The summed E-state index contributed by atoms with van der Waals surface area (Å²) in [5.74, 6) is 0. The molecule has 1 aromatic rings. The first-order valence-electron chi connectivity index (χ1n) is 7.00. The van der Waals surface area contributed by atoms with Crippen LogP contribution in [0.4, 0.5) is 18.9 Å². The van der Waals surface area contributed by atoms with Gasteiger partial charge in [-0.15, -0.1) is 0 Å². The Bertz CT molecular complexity index is 507. The van der Waals surface area contributed by atoms with Crippen LogP contribution in [0, 0.1) is 0 Å². The van der Waals surface area contributed by atoms with E-state index in [1.54, 1.807) is 0 Å². The van der Waals surface area contributed by atoms with E-state index in [0.29, 0.717) is 12.7 Å². The molecule has 0 saturated carbocycles. The average molecular weight is 298 g/mol. The lowest BCUT2D eigenvalue weighted by molar-refractivity contribution is -0.137. The van der Waals surface area contributed by atoms with Gasteiger partial charge in [-0.2, -0.15) is 13.2 Å². The van der Waals surface area contributed by atoms with E-state index in [-0.39, 0.29) is 0 Å². The van der Waals surface area contributed by atoms with E-state index < -0.39 is 11.7 Å². The maximum Gasteiger partial charge on any atom is 0.416 e. The van der Waals surface area contributed by atoms with Crippen molar-refractivity contribution in [3.05, 3.63) is 42.2 Å². The summed E-state index contributed by atoms with van der Waals surface area (Å²) in [6.45, 7) is 2.22. The summed E-state index contributed by atoms with van der Waals surface area (Å²) in [6, 6.07) is 5.73. The molecule has 0 radical (unpaired) electrons. The van der Waals surface area contributed by atoms with Gasteiger partial charge in [-0.3, -0.25) is 0 Å². The second-order valence-corrected chi connectivity index (χ2v) is 5.31. The molecule has 3 rings (SSSR count). The van der Waals surface area contributed by atoms with Crippen molar-refractivity contribution in [1.82, 2.24) is 4.90 Å². The van der Waals surface area contributed by atoms with Crippen molar-refractivity contribution < 1.29 is 17.9 Å². The predicted molar refractivity (Wildman–Crippen MR) is 73.6 cm³/mol. The molecule has 0 unspecified atom stereocenters. The molecule has 2 aliphatic rings. The zero-order valence-electron chi connectivity index (χ0n) is 11.5. The number of benzene rings is 1. The van der Waals surface area contributed by atoms with Crippen LogP contribution < -0.4 is 4.90 Å². The highest BCUT2D eigenvalue weighted by Gasteiger charge is 2.30. The molecule has 1 aromatic carbocycles. The molecular weight excluding hydrogens is 281 g/mol. The summed E-state index contributed by atoms with van der Waals surface area (Å²) in [5, 5.41) is 0. The van der Waals surface area contributed by atoms with Crippen LogP contribution in [0.25, 0.3) is 0 Å². The molecule has 0 amide bonds. The third-order valence-corrected chi connectivity index (χ3v) is 3.94. The number of rotatable bonds is 2. The summed E-state index contributed by atoms with van der Waals surface area (Å²) >= 11 is 0. The number of hydrogen-bond donors (Lipinski definition) is 0. The van der Waals surface area contributed by atoms with Crippen molar-refractivity contribution in [2.45, 2.75) is 25.1 Å². The van der Waals surface area contributed by atoms with E-state index in [9.17, 15) is 13.2 Å². The van der Waals surface area contributed by atoms with Crippen molar-refractivity contribution in [1.29, 1.82) is 0 Å². The Hall–Kier alpha value is -1.69. The SMILES string of the molecule is FC(F)(F)c1ccc(N2C=CN(C3CCOCC3)C2)cc1. The third-order valence-electron chi connectivity index (χ3n) is 3.94. The predicted octanol–water partition coefficient (Wildman–Crippen LogP) is 3.44. The molecule has 21 heavy (non-hydrogen) atoms. The molecule has 0 atom stereocenters. The molecule has 2 heterocycles. The lowest BCUT2D eigenvalue weighted by Gasteiger charge is -2.32. The molecular formula is C15H17F3N2O. The Morgan fingerprint density at radius 2 is 1.67 bits per heavy atom. The Kier molecular flexibility index (Phi) is 3.80. The van der Waals surface area contributed by atoms with Crippen molar-refractivity contribution in [2.75, 3.05) is 24.8 Å². The van der Waals surface area contributed by atoms with Crippen LogP contribution in [0.15, 0.2) is 36.7 Å². The number of hydrogen-bond acceptors (Lipinski definition) is 3. The highest BCUT2D eigenvalue weighted by molar-refractivity contribution is 5.51. The minimum Gasteiger partial charge on any atom is -0.381 e. The van der Waals surface area contributed by atoms with Gasteiger partial charge in [0.05, 0.1) is 12.2 Å². The maximum atomic E-state index is 12.6. The second kappa shape index (κ2) is 5.60. The Morgan fingerprint density at radius 1 is 1.00 bits per heavy atom. The fraction of sp³-hybridized carbons (Fsp3) is 0.467. The van der Waals surface area contributed by atoms with Gasteiger partial charge in [-0.1, -0.05) is 0 Å². The van der Waals surface area contributed by atoms with Gasteiger partial charge in [0.1, 0.15) is 0 Å². The molecule has 0 aliphatic carbocycles. The molecule has 0 bridgehead atoms. The van der Waals surface area contributed by atoms with Crippen molar-refractivity contribution in [3.8, 4) is 0 Å². The largest absolute Gasteiger partial charge is 0.416 e. The number of alkyl halides is 3. The summed E-state index contributed by atoms with van der Waals surface area (Å²) < 4.78 is 43.0. The van der Waals surface area contributed by atoms with Crippen LogP contribution in [-0.4, -0.2) is 30.8 Å². The zero-order chi connectivity index (χ0) is 14.9. The van der Waals surface area contributed by atoms with Gasteiger partial charge in [0.15, 0.2) is 0 Å². The van der Waals surface area contributed by atoms with Crippen molar-refractivity contribution >= 4 is 5.69 Å². The minimum absolute atomic E-state index is 0.453. The summed E-state index contributed by atoms with van der Waals surface area (Å²) in [7, 11) is 0. The van der Waals surface area contributed by atoms with Crippen LogP contribution in [0.3, 0.4) is 0 Å². The van der Waals surface area contributed by atoms with Gasteiger partial charge < -0.3 is 14.5 Å². The van der Waals surface area contributed by atoms with E-state index in [1.807, 2.05) is 17.3 Å². The highest BCUT2D eigenvalue weighted by Crippen LogP contribution is 2.31. The van der Waals surface area contributed by atoms with Gasteiger partial charge in [0.25, 0.3) is 0 Å². The Morgan fingerprint density at radius 3 is 2.29 bits per heavy atom. The van der Waals surface area contributed by atoms with Gasteiger partial charge in [0.2, 0.25) is 0 Å². The smallest absolute Gasteiger partial charge is 0.381 e. The first-order valence-corrected chi connectivity index (χ1v) is 7.00. The molecule has 0 N–H and O–H groups in total. The van der Waals surface area contributed by atoms with Crippen molar-refractivity contribution in [3.63, 3.8) is 0 Å².